The molecular weight excluding hydrogens is 378 g/mol. The quantitative estimate of drug-likeness (QED) is 0.319. The van der Waals surface area contributed by atoms with Crippen molar-refractivity contribution in [3.63, 3.8) is 0 Å². The normalized spacial score (nSPS) is 11.5. The Morgan fingerprint density at radius 3 is 2.42 bits per heavy atom. The molecule has 0 saturated heterocycles. The molecule has 154 valence electrons. The van der Waals surface area contributed by atoms with Crippen molar-refractivity contribution >= 4 is 21.9 Å². The van der Waals surface area contributed by atoms with Crippen LogP contribution in [0.2, 0.25) is 0 Å². The number of aryl methyl sites for hydroxylation is 3. The molecule has 0 atom stereocenters. The van der Waals surface area contributed by atoms with Crippen LogP contribution in [-0.4, -0.2) is 14.5 Å². The number of aromatic nitrogens is 3. The third kappa shape index (κ3) is 3.61. The first-order valence-electron chi connectivity index (χ1n) is 11.0. The van der Waals surface area contributed by atoms with E-state index in [0.717, 1.165) is 42.1 Å². The summed E-state index contributed by atoms with van der Waals surface area (Å²) in [5.41, 5.74) is 8.06. The van der Waals surface area contributed by atoms with Crippen molar-refractivity contribution in [2.75, 3.05) is 0 Å². The van der Waals surface area contributed by atoms with Crippen LogP contribution in [0.25, 0.3) is 33.1 Å². The van der Waals surface area contributed by atoms with E-state index in [4.69, 9.17) is 9.97 Å². The molecule has 3 aromatic carbocycles. The zero-order valence-electron chi connectivity index (χ0n) is 18.4. The van der Waals surface area contributed by atoms with Crippen molar-refractivity contribution < 1.29 is 0 Å². The second kappa shape index (κ2) is 7.99. The second-order valence-electron chi connectivity index (χ2n) is 8.34. The average Bonchev–Trinajstić information content (AvgIpc) is 3.12. The molecule has 0 aliphatic rings. The lowest BCUT2D eigenvalue weighted by molar-refractivity contribution is 0.716. The monoisotopic (exact) mass is 405 g/mol. The fourth-order valence-electron chi connectivity index (χ4n) is 4.48. The summed E-state index contributed by atoms with van der Waals surface area (Å²) < 4.78 is 2.30. The molecule has 0 spiro atoms. The van der Waals surface area contributed by atoms with E-state index in [1.165, 1.54) is 33.0 Å². The van der Waals surface area contributed by atoms with Crippen molar-refractivity contribution in [3.05, 3.63) is 95.4 Å². The molecule has 0 unspecified atom stereocenters. The number of rotatable bonds is 5. The van der Waals surface area contributed by atoms with Crippen LogP contribution in [-0.2, 0) is 13.0 Å². The third-order valence-electron chi connectivity index (χ3n) is 5.97. The van der Waals surface area contributed by atoms with Crippen LogP contribution >= 0.6 is 0 Å². The minimum atomic E-state index is 0.789. The van der Waals surface area contributed by atoms with Gasteiger partial charge in [-0.2, -0.15) is 0 Å². The zero-order valence-corrected chi connectivity index (χ0v) is 18.4. The van der Waals surface area contributed by atoms with Crippen molar-refractivity contribution in [1.29, 1.82) is 0 Å². The Labute approximate surface area is 183 Å². The number of fused-ring (bicyclic) bond motifs is 2. The van der Waals surface area contributed by atoms with E-state index in [0.29, 0.717) is 0 Å². The molecule has 0 aliphatic carbocycles. The maximum absolute atomic E-state index is 4.94. The summed E-state index contributed by atoms with van der Waals surface area (Å²) in [5, 5.41) is 2.56. The van der Waals surface area contributed by atoms with Gasteiger partial charge in [0.25, 0.3) is 0 Å². The highest BCUT2D eigenvalue weighted by atomic mass is 15.1. The van der Waals surface area contributed by atoms with Crippen LogP contribution in [0.15, 0.2) is 72.8 Å². The van der Waals surface area contributed by atoms with E-state index in [1.54, 1.807) is 0 Å². The van der Waals surface area contributed by atoms with E-state index in [2.05, 4.69) is 98.1 Å². The predicted octanol–water partition coefficient (Wildman–Crippen LogP) is 6.87. The molecule has 31 heavy (non-hydrogen) atoms. The van der Waals surface area contributed by atoms with E-state index < -0.39 is 0 Å². The smallest absolute Gasteiger partial charge is 0.160 e. The van der Waals surface area contributed by atoms with Gasteiger partial charge in [-0.3, -0.25) is 0 Å². The van der Waals surface area contributed by atoms with Crippen LogP contribution in [0, 0.1) is 13.8 Å². The molecule has 3 heteroatoms. The van der Waals surface area contributed by atoms with Crippen LogP contribution in [0.5, 0.6) is 0 Å². The summed E-state index contributed by atoms with van der Waals surface area (Å²) in [7, 11) is 0. The Morgan fingerprint density at radius 2 is 1.61 bits per heavy atom. The summed E-state index contributed by atoms with van der Waals surface area (Å²) in [6.45, 7) is 7.18. The number of benzene rings is 3. The van der Waals surface area contributed by atoms with E-state index in [9.17, 15) is 0 Å². The molecule has 0 fully saturated rings. The molecular formula is C28H27N3. The van der Waals surface area contributed by atoms with Crippen molar-refractivity contribution in [1.82, 2.24) is 14.5 Å². The van der Waals surface area contributed by atoms with Crippen molar-refractivity contribution in [2.24, 2.45) is 0 Å². The van der Waals surface area contributed by atoms with Gasteiger partial charge in [0.2, 0.25) is 0 Å². The first kappa shape index (κ1) is 19.5. The van der Waals surface area contributed by atoms with Crippen LogP contribution in [0.4, 0.5) is 0 Å². The van der Waals surface area contributed by atoms with Crippen LogP contribution in [0.1, 0.15) is 36.0 Å². The summed E-state index contributed by atoms with van der Waals surface area (Å²) in [5.74, 6) is 1.12. The Morgan fingerprint density at radius 1 is 0.839 bits per heavy atom. The molecule has 2 aromatic heterocycles. The molecule has 0 N–H and O–H groups in total. The Balaban J connectivity index is 1.53. The first-order chi connectivity index (χ1) is 15.1. The lowest BCUT2D eigenvalue weighted by atomic mass is 9.97. The number of imidazole rings is 1. The van der Waals surface area contributed by atoms with E-state index in [1.807, 2.05) is 0 Å². The van der Waals surface area contributed by atoms with Gasteiger partial charge in [-0.15, -0.1) is 0 Å². The summed E-state index contributed by atoms with van der Waals surface area (Å²) in [6, 6.07) is 26.1. The van der Waals surface area contributed by atoms with E-state index >= 15 is 0 Å². The van der Waals surface area contributed by atoms with Crippen LogP contribution in [0.3, 0.4) is 0 Å². The molecule has 0 aliphatic heterocycles. The highest BCUT2D eigenvalue weighted by molar-refractivity contribution is 5.96. The average molecular weight is 406 g/mol. The van der Waals surface area contributed by atoms with Gasteiger partial charge in [-0.1, -0.05) is 73.7 Å². The van der Waals surface area contributed by atoms with Gasteiger partial charge in [0.15, 0.2) is 5.65 Å². The number of nitrogens with zero attached hydrogens (tertiary/aromatic N) is 3. The Bertz CT molecular complexity index is 1370. The fraction of sp³-hybridized carbons (Fsp3) is 0.214. The molecule has 2 heterocycles. The van der Waals surface area contributed by atoms with Gasteiger partial charge in [-0.05, 0) is 59.4 Å². The number of hydrogen-bond acceptors (Lipinski definition) is 2. The predicted molar refractivity (Wildman–Crippen MR) is 129 cm³/mol. The molecule has 0 bridgehead atoms. The molecule has 0 radical (unpaired) electrons. The van der Waals surface area contributed by atoms with Gasteiger partial charge >= 0.3 is 0 Å². The Kier molecular flexibility index (Phi) is 5.03. The number of hydrogen-bond donors (Lipinski definition) is 0. The van der Waals surface area contributed by atoms with Crippen molar-refractivity contribution in [2.45, 2.75) is 40.2 Å². The molecule has 5 rings (SSSR count). The van der Waals surface area contributed by atoms with E-state index in [-0.39, 0.29) is 0 Å². The molecule has 3 nitrogen and oxygen atoms in total. The fourth-order valence-corrected chi connectivity index (χ4v) is 4.48. The van der Waals surface area contributed by atoms with Gasteiger partial charge in [0, 0.05) is 12.1 Å². The lowest BCUT2D eigenvalue weighted by Crippen LogP contribution is -2.06. The SMILES string of the molecule is CCCc1nc2c(C)cc(C)nc2n1Cc1ccc(-c2cccc3ccccc23)cc1. The van der Waals surface area contributed by atoms with Crippen molar-refractivity contribution in [3.8, 4) is 11.1 Å². The highest BCUT2D eigenvalue weighted by Gasteiger charge is 2.14. The van der Waals surface area contributed by atoms with Gasteiger partial charge in [0.1, 0.15) is 11.3 Å². The first-order valence-corrected chi connectivity index (χ1v) is 11.0. The van der Waals surface area contributed by atoms with Gasteiger partial charge in [0.05, 0.1) is 6.54 Å². The highest BCUT2D eigenvalue weighted by Crippen LogP contribution is 2.29. The minimum absolute atomic E-state index is 0.789. The maximum atomic E-state index is 4.94. The molecule has 5 aromatic rings. The van der Waals surface area contributed by atoms with Crippen LogP contribution < -0.4 is 0 Å². The lowest BCUT2D eigenvalue weighted by Gasteiger charge is -2.11. The standard InChI is InChI=1S/C28H27N3/c1-4-8-26-30-27-19(2)17-20(3)29-28(27)31(26)18-21-13-15-23(16-14-21)25-12-7-10-22-9-5-6-11-24(22)25/h5-7,9-17H,4,8,18H2,1-3H3. The zero-order chi connectivity index (χ0) is 21.4. The third-order valence-corrected chi connectivity index (χ3v) is 5.97. The maximum Gasteiger partial charge on any atom is 0.160 e. The van der Waals surface area contributed by atoms with Gasteiger partial charge < -0.3 is 4.57 Å². The van der Waals surface area contributed by atoms with Gasteiger partial charge in [-0.25, -0.2) is 9.97 Å². The minimum Gasteiger partial charge on any atom is -0.308 e. The summed E-state index contributed by atoms with van der Waals surface area (Å²) >= 11 is 0. The largest absolute Gasteiger partial charge is 0.308 e. The second-order valence-corrected chi connectivity index (χ2v) is 8.34. The topological polar surface area (TPSA) is 30.7 Å². The molecule has 0 saturated carbocycles. The number of pyridine rings is 1. The molecule has 0 amide bonds. The summed E-state index contributed by atoms with van der Waals surface area (Å²) in [6.07, 6.45) is 2.03. The summed E-state index contributed by atoms with van der Waals surface area (Å²) in [4.78, 5) is 9.77. The Hall–Kier alpha value is -3.46.